The highest BCUT2D eigenvalue weighted by molar-refractivity contribution is 6.30. The van der Waals surface area contributed by atoms with Crippen LogP contribution in [-0.2, 0) is 9.59 Å². The van der Waals surface area contributed by atoms with Gasteiger partial charge < -0.3 is 20.9 Å². The molecule has 2 heterocycles. The lowest BCUT2D eigenvalue weighted by atomic mass is 9.85. The number of amides is 3. The molecule has 3 rings (SSSR count). The fraction of sp³-hybridized carbons (Fsp3) is 0.667. The second-order valence-corrected chi connectivity index (χ2v) is 10.7. The molecule has 1 aromatic rings. The summed E-state index contributed by atoms with van der Waals surface area (Å²) >= 11 is 5.99. The van der Waals surface area contributed by atoms with E-state index >= 15 is 0 Å². The number of fused-ring (bicyclic) bond motifs is 1. The molecule has 3 amide bonds. The topological polar surface area (TPSA) is 103 Å². The number of rotatable bonds is 6. The third-order valence-electron chi connectivity index (χ3n) is 6.95. The average molecular weight is 478 g/mol. The van der Waals surface area contributed by atoms with E-state index in [4.69, 9.17) is 11.6 Å². The van der Waals surface area contributed by atoms with Gasteiger partial charge in [-0.3, -0.25) is 14.4 Å². The summed E-state index contributed by atoms with van der Waals surface area (Å²) in [7, 11) is 1.72. The van der Waals surface area contributed by atoms with E-state index in [9.17, 15) is 14.4 Å². The summed E-state index contributed by atoms with van der Waals surface area (Å²) in [4.78, 5) is 45.2. The molecule has 1 saturated carbocycles. The van der Waals surface area contributed by atoms with Gasteiger partial charge in [-0.1, -0.05) is 32.4 Å². The number of halogens is 1. The maximum absolute atomic E-state index is 13.7. The van der Waals surface area contributed by atoms with E-state index < -0.39 is 17.5 Å². The molecule has 0 spiro atoms. The Morgan fingerprint density at radius 3 is 2.52 bits per heavy atom. The first-order valence-electron chi connectivity index (χ1n) is 11.6. The van der Waals surface area contributed by atoms with E-state index in [-0.39, 0.29) is 29.8 Å². The molecule has 2 fully saturated rings. The standard InChI is InChI=1S/C24H36ClN5O3/c1-13-11-16(12-27-20(13)25)22(32)28-17-8-7-15-9-10-30(18(15)17)23(33)19(24(3,4)5)29-21(31)14(2)26-6/h11-12,14-15,17-19,26H,7-10H2,1-6H3,(H,28,32)(H,29,31)/t14-,15+,17-,18-,19?/m0/s1. The van der Waals surface area contributed by atoms with Crippen molar-refractivity contribution in [3.05, 3.63) is 28.5 Å². The summed E-state index contributed by atoms with van der Waals surface area (Å²) in [6.07, 6.45) is 4.15. The van der Waals surface area contributed by atoms with Gasteiger partial charge in [0.25, 0.3) is 5.91 Å². The van der Waals surface area contributed by atoms with Crippen LogP contribution in [0.5, 0.6) is 0 Å². The van der Waals surface area contributed by atoms with Gasteiger partial charge in [-0.15, -0.1) is 0 Å². The highest BCUT2D eigenvalue weighted by Gasteiger charge is 2.49. The number of hydrogen-bond donors (Lipinski definition) is 3. The number of likely N-dealkylation sites (N-methyl/N-ethyl adjacent to an activating group) is 1. The van der Waals surface area contributed by atoms with E-state index in [0.29, 0.717) is 23.2 Å². The summed E-state index contributed by atoms with van der Waals surface area (Å²) in [6.45, 7) is 10.1. The molecule has 33 heavy (non-hydrogen) atoms. The molecule has 0 aromatic carbocycles. The second-order valence-electron chi connectivity index (χ2n) is 10.4. The minimum Gasteiger partial charge on any atom is -0.347 e. The van der Waals surface area contributed by atoms with Crippen molar-refractivity contribution in [3.8, 4) is 0 Å². The lowest BCUT2D eigenvalue weighted by Crippen LogP contribution is -2.60. The van der Waals surface area contributed by atoms with Crippen LogP contribution in [0.25, 0.3) is 0 Å². The van der Waals surface area contributed by atoms with Crippen LogP contribution in [0.3, 0.4) is 0 Å². The second kappa shape index (κ2) is 9.97. The monoisotopic (exact) mass is 477 g/mol. The van der Waals surface area contributed by atoms with Crippen LogP contribution < -0.4 is 16.0 Å². The molecule has 1 aliphatic carbocycles. The zero-order chi connectivity index (χ0) is 24.5. The number of pyridine rings is 1. The lowest BCUT2D eigenvalue weighted by Gasteiger charge is -2.37. The highest BCUT2D eigenvalue weighted by atomic mass is 35.5. The number of carbonyl (C=O) groups is 3. The molecule has 9 heteroatoms. The summed E-state index contributed by atoms with van der Waals surface area (Å²) in [6, 6.07) is 0.454. The molecule has 182 valence electrons. The van der Waals surface area contributed by atoms with Gasteiger partial charge in [0, 0.05) is 18.8 Å². The first kappa shape index (κ1) is 25.4. The molecule has 8 nitrogen and oxygen atoms in total. The van der Waals surface area contributed by atoms with Crippen molar-refractivity contribution in [1.29, 1.82) is 0 Å². The van der Waals surface area contributed by atoms with Gasteiger partial charge in [0.2, 0.25) is 11.8 Å². The van der Waals surface area contributed by atoms with E-state index in [1.165, 1.54) is 6.20 Å². The number of carbonyl (C=O) groups excluding carboxylic acids is 3. The van der Waals surface area contributed by atoms with Crippen LogP contribution in [0.1, 0.15) is 62.9 Å². The highest BCUT2D eigenvalue weighted by Crippen LogP contribution is 2.39. The predicted octanol–water partition coefficient (Wildman–Crippen LogP) is 2.29. The maximum Gasteiger partial charge on any atom is 0.253 e. The maximum atomic E-state index is 13.7. The van der Waals surface area contributed by atoms with Crippen LogP contribution in [0.15, 0.2) is 12.3 Å². The summed E-state index contributed by atoms with van der Waals surface area (Å²) in [5.41, 5.74) is 0.741. The Kier molecular flexibility index (Phi) is 7.69. The van der Waals surface area contributed by atoms with Gasteiger partial charge in [-0.2, -0.15) is 0 Å². The van der Waals surface area contributed by atoms with Gasteiger partial charge in [0.1, 0.15) is 11.2 Å². The minimum atomic E-state index is -0.653. The Hall–Kier alpha value is -2.19. The van der Waals surface area contributed by atoms with E-state index in [1.54, 1.807) is 20.0 Å². The minimum absolute atomic E-state index is 0.0775. The van der Waals surface area contributed by atoms with E-state index in [1.807, 2.05) is 32.6 Å². The van der Waals surface area contributed by atoms with Crippen LogP contribution in [0.2, 0.25) is 5.15 Å². The van der Waals surface area contributed by atoms with Crippen LogP contribution >= 0.6 is 11.6 Å². The number of hydrogen-bond acceptors (Lipinski definition) is 5. The van der Waals surface area contributed by atoms with Crippen molar-refractivity contribution in [2.75, 3.05) is 13.6 Å². The summed E-state index contributed by atoms with van der Waals surface area (Å²) in [5.74, 6) is -0.159. The van der Waals surface area contributed by atoms with Crippen LogP contribution in [0.4, 0.5) is 0 Å². The van der Waals surface area contributed by atoms with Gasteiger partial charge in [0.05, 0.1) is 17.6 Å². The Morgan fingerprint density at radius 2 is 1.91 bits per heavy atom. The molecule has 1 saturated heterocycles. The average Bonchev–Trinajstić information content (AvgIpc) is 3.34. The Balaban J connectivity index is 1.77. The number of aromatic nitrogens is 1. The number of nitrogens with one attached hydrogen (secondary N) is 3. The normalized spacial score (nSPS) is 24.2. The SMILES string of the molecule is CN[C@@H](C)C(=O)NC(C(=O)N1CC[C@H]2CC[C@H](NC(=O)c3cnc(Cl)c(C)c3)[C@H]21)C(C)(C)C. The lowest BCUT2D eigenvalue weighted by molar-refractivity contribution is -0.141. The van der Waals surface area contributed by atoms with Crippen molar-refractivity contribution < 1.29 is 14.4 Å². The first-order chi connectivity index (χ1) is 15.4. The molecular formula is C24H36ClN5O3. The van der Waals surface area contributed by atoms with Crippen molar-refractivity contribution in [2.45, 2.75) is 78.0 Å². The van der Waals surface area contributed by atoms with Crippen LogP contribution in [0, 0.1) is 18.3 Å². The summed E-state index contributed by atoms with van der Waals surface area (Å²) in [5, 5.41) is 9.39. The zero-order valence-electron chi connectivity index (χ0n) is 20.4. The quantitative estimate of drug-likeness (QED) is 0.545. The fourth-order valence-corrected chi connectivity index (χ4v) is 4.97. The Morgan fingerprint density at radius 1 is 1.21 bits per heavy atom. The van der Waals surface area contributed by atoms with Gasteiger partial charge >= 0.3 is 0 Å². The molecule has 5 atom stereocenters. The van der Waals surface area contributed by atoms with Crippen molar-refractivity contribution in [2.24, 2.45) is 11.3 Å². The van der Waals surface area contributed by atoms with Crippen molar-refractivity contribution >= 4 is 29.3 Å². The number of nitrogens with zero attached hydrogens (tertiary/aromatic N) is 2. The third kappa shape index (κ3) is 5.49. The molecule has 1 unspecified atom stereocenters. The fourth-order valence-electron chi connectivity index (χ4n) is 4.87. The number of aryl methyl sites for hydroxylation is 1. The zero-order valence-corrected chi connectivity index (χ0v) is 21.1. The third-order valence-corrected chi connectivity index (χ3v) is 7.34. The molecule has 1 aromatic heterocycles. The van der Waals surface area contributed by atoms with E-state index in [2.05, 4.69) is 20.9 Å². The van der Waals surface area contributed by atoms with E-state index in [0.717, 1.165) is 24.8 Å². The molecular weight excluding hydrogens is 442 g/mol. The molecule has 3 N–H and O–H groups in total. The Bertz CT molecular complexity index is 916. The Labute approximate surface area is 201 Å². The van der Waals surface area contributed by atoms with Gasteiger partial charge in [-0.25, -0.2) is 4.98 Å². The summed E-state index contributed by atoms with van der Waals surface area (Å²) < 4.78 is 0. The number of likely N-dealkylation sites (tertiary alicyclic amines) is 1. The van der Waals surface area contributed by atoms with Crippen molar-refractivity contribution in [3.63, 3.8) is 0 Å². The smallest absolute Gasteiger partial charge is 0.253 e. The molecule has 0 bridgehead atoms. The van der Waals surface area contributed by atoms with Crippen molar-refractivity contribution in [1.82, 2.24) is 25.8 Å². The predicted molar refractivity (Wildman–Crippen MR) is 128 cm³/mol. The molecule has 1 aliphatic heterocycles. The molecule has 2 aliphatic rings. The molecule has 0 radical (unpaired) electrons. The van der Waals surface area contributed by atoms with Gasteiger partial charge in [-0.05, 0) is 63.1 Å². The largest absolute Gasteiger partial charge is 0.347 e. The van der Waals surface area contributed by atoms with Crippen LogP contribution in [-0.4, -0.2) is 65.4 Å². The first-order valence-corrected chi connectivity index (χ1v) is 12.0. The van der Waals surface area contributed by atoms with Gasteiger partial charge in [0.15, 0.2) is 0 Å².